The van der Waals surface area contributed by atoms with Gasteiger partial charge < -0.3 is 9.47 Å². The number of aromatic nitrogens is 1. The number of carbonyl (C=O) groups is 2. The van der Waals surface area contributed by atoms with Gasteiger partial charge in [-0.2, -0.15) is 0 Å². The number of aryl methyl sites for hydroxylation is 1. The highest BCUT2D eigenvalue weighted by molar-refractivity contribution is 7.14. The summed E-state index contributed by atoms with van der Waals surface area (Å²) >= 11 is 1.09. The summed E-state index contributed by atoms with van der Waals surface area (Å²) in [5, 5.41) is 8.27. The second-order valence-electron chi connectivity index (χ2n) is 3.23. The zero-order valence-electron chi connectivity index (χ0n) is 10.4. The molecule has 0 saturated heterocycles. The molecule has 18 heavy (non-hydrogen) atoms. The molecule has 98 valence electrons. The average Bonchev–Trinajstić information content (AvgIpc) is 2.71. The number of nitrogens with one attached hydrogen (secondary N) is 1. The summed E-state index contributed by atoms with van der Waals surface area (Å²) in [4.78, 5) is 27.3. The molecule has 1 N–H and O–H groups in total. The molecule has 0 aromatic carbocycles. The number of hydrogen-bond donors (Lipinski definition) is 1. The van der Waals surface area contributed by atoms with Crippen LogP contribution < -0.4 is 0 Å². The third-order valence-corrected chi connectivity index (χ3v) is 2.86. The van der Waals surface area contributed by atoms with E-state index in [9.17, 15) is 9.59 Å². The maximum atomic E-state index is 11.7. The van der Waals surface area contributed by atoms with E-state index in [0.717, 1.165) is 11.3 Å². The highest BCUT2D eigenvalue weighted by Gasteiger charge is 2.25. The monoisotopic (exact) mass is 270 g/mol. The van der Waals surface area contributed by atoms with E-state index in [1.165, 1.54) is 0 Å². The Morgan fingerprint density at radius 3 is 2.44 bits per heavy atom. The predicted octanol–water partition coefficient (Wildman–Crippen LogP) is 1.56. The second kappa shape index (κ2) is 6.25. The molecule has 0 unspecified atom stereocenters. The number of esters is 2. The summed E-state index contributed by atoms with van der Waals surface area (Å²) in [6.07, 6.45) is 0. The van der Waals surface area contributed by atoms with Crippen LogP contribution in [-0.2, 0) is 14.3 Å². The fraction of sp³-hybridized carbons (Fsp3) is 0.455. The van der Waals surface area contributed by atoms with Crippen molar-refractivity contribution >= 4 is 29.0 Å². The number of carbonyl (C=O) groups excluding carboxylic acids is 2. The largest absolute Gasteiger partial charge is 0.462 e. The lowest BCUT2D eigenvalue weighted by molar-refractivity contribution is -0.135. The predicted molar refractivity (Wildman–Crippen MR) is 66.3 cm³/mol. The highest BCUT2D eigenvalue weighted by Crippen LogP contribution is 2.20. The van der Waals surface area contributed by atoms with Crippen molar-refractivity contribution in [2.45, 2.75) is 20.8 Å². The van der Waals surface area contributed by atoms with Gasteiger partial charge in [-0.3, -0.25) is 5.41 Å². The second-order valence-corrected chi connectivity index (χ2v) is 4.43. The van der Waals surface area contributed by atoms with E-state index >= 15 is 0 Å². The number of nitrogens with zero attached hydrogens (tertiary/aromatic N) is 1. The molecule has 1 heterocycles. The molecule has 0 aliphatic carbocycles. The maximum Gasteiger partial charge on any atom is 0.358 e. The van der Waals surface area contributed by atoms with Gasteiger partial charge in [-0.05, 0) is 20.8 Å². The molecule has 0 radical (unpaired) electrons. The lowest BCUT2D eigenvalue weighted by atomic mass is 10.2. The Morgan fingerprint density at radius 1 is 1.28 bits per heavy atom. The normalized spacial score (nSPS) is 9.94. The van der Waals surface area contributed by atoms with E-state index in [1.807, 2.05) is 0 Å². The van der Waals surface area contributed by atoms with E-state index in [1.54, 1.807) is 20.8 Å². The Morgan fingerprint density at radius 2 is 1.89 bits per heavy atom. The van der Waals surface area contributed by atoms with Crippen LogP contribution in [-0.4, -0.2) is 35.8 Å². The van der Waals surface area contributed by atoms with Crippen molar-refractivity contribution < 1.29 is 19.1 Å². The van der Waals surface area contributed by atoms with Crippen molar-refractivity contribution in [3.05, 3.63) is 15.6 Å². The first kappa shape index (κ1) is 14.3. The summed E-state index contributed by atoms with van der Waals surface area (Å²) in [6, 6.07) is 0. The quantitative estimate of drug-likeness (QED) is 0.647. The minimum atomic E-state index is -0.798. The smallest absolute Gasteiger partial charge is 0.358 e. The number of thiazole rings is 1. The fourth-order valence-electron chi connectivity index (χ4n) is 1.23. The van der Waals surface area contributed by atoms with E-state index in [2.05, 4.69) is 4.98 Å². The van der Waals surface area contributed by atoms with Gasteiger partial charge in [-0.1, -0.05) is 0 Å². The summed E-state index contributed by atoms with van der Waals surface area (Å²) in [7, 11) is 0. The van der Waals surface area contributed by atoms with Crippen LogP contribution in [0.25, 0.3) is 0 Å². The van der Waals surface area contributed by atoms with Crippen LogP contribution >= 0.6 is 11.3 Å². The van der Waals surface area contributed by atoms with Crippen LogP contribution in [0.2, 0.25) is 0 Å². The lowest BCUT2D eigenvalue weighted by Gasteiger charge is -2.03. The third-order valence-electron chi connectivity index (χ3n) is 1.91. The molecular weight excluding hydrogens is 256 g/mol. The Balaban J connectivity index is 3.05. The van der Waals surface area contributed by atoms with Gasteiger partial charge in [0, 0.05) is 0 Å². The van der Waals surface area contributed by atoms with Crippen molar-refractivity contribution in [1.29, 1.82) is 5.41 Å². The van der Waals surface area contributed by atoms with E-state index < -0.39 is 17.7 Å². The summed E-state index contributed by atoms with van der Waals surface area (Å²) in [5.74, 6) is -1.37. The third kappa shape index (κ3) is 3.13. The molecule has 0 atom stereocenters. The Kier molecular flexibility index (Phi) is 4.96. The van der Waals surface area contributed by atoms with Crippen LogP contribution in [0, 0.1) is 12.3 Å². The SMILES string of the molecule is CCOC(=O)C(=N)c1nc(C)sc1C(=O)OCC. The molecular formula is C11H14N2O4S. The molecule has 0 fully saturated rings. The van der Waals surface area contributed by atoms with Crippen LogP contribution in [0.15, 0.2) is 0 Å². The standard InChI is InChI=1S/C11H14N2O4S/c1-4-16-10(14)7(12)8-9(11(15)17-5-2)18-6(3)13-8/h12H,4-5H2,1-3H3. The van der Waals surface area contributed by atoms with E-state index in [4.69, 9.17) is 14.9 Å². The Labute approximate surface area is 108 Å². The van der Waals surface area contributed by atoms with Crippen molar-refractivity contribution in [2.75, 3.05) is 13.2 Å². The minimum absolute atomic E-state index is 0.0226. The molecule has 7 heteroatoms. The average molecular weight is 270 g/mol. The molecule has 0 bridgehead atoms. The van der Waals surface area contributed by atoms with Gasteiger partial charge in [-0.25, -0.2) is 14.6 Å². The summed E-state index contributed by atoms with van der Waals surface area (Å²) < 4.78 is 9.57. The molecule has 0 amide bonds. The van der Waals surface area contributed by atoms with Gasteiger partial charge in [0.05, 0.1) is 18.2 Å². The molecule has 1 aromatic rings. The Hall–Kier alpha value is -1.76. The van der Waals surface area contributed by atoms with Crippen molar-refractivity contribution in [3.63, 3.8) is 0 Å². The van der Waals surface area contributed by atoms with Gasteiger partial charge in [0.2, 0.25) is 0 Å². The zero-order valence-corrected chi connectivity index (χ0v) is 11.2. The maximum absolute atomic E-state index is 11.7. The summed E-state index contributed by atoms with van der Waals surface area (Å²) in [6.45, 7) is 5.40. The molecule has 0 spiro atoms. The van der Waals surface area contributed by atoms with Gasteiger partial charge in [-0.15, -0.1) is 11.3 Å². The van der Waals surface area contributed by atoms with Gasteiger partial charge in [0.1, 0.15) is 10.6 Å². The van der Waals surface area contributed by atoms with Crippen molar-refractivity contribution in [2.24, 2.45) is 0 Å². The van der Waals surface area contributed by atoms with Crippen LogP contribution in [0.5, 0.6) is 0 Å². The molecule has 1 aromatic heterocycles. The molecule has 1 rings (SSSR count). The van der Waals surface area contributed by atoms with Crippen LogP contribution in [0.4, 0.5) is 0 Å². The summed E-state index contributed by atoms with van der Waals surface area (Å²) in [5.41, 5.74) is -0.404. The van der Waals surface area contributed by atoms with Gasteiger partial charge >= 0.3 is 11.9 Å². The Bertz CT molecular complexity index is 481. The molecule has 0 saturated carbocycles. The molecule has 0 aliphatic rings. The van der Waals surface area contributed by atoms with E-state index in [0.29, 0.717) is 5.01 Å². The molecule has 0 aliphatic heterocycles. The van der Waals surface area contributed by atoms with Gasteiger partial charge in [0.25, 0.3) is 0 Å². The molecule has 6 nitrogen and oxygen atoms in total. The highest BCUT2D eigenvalue weighted by atomic mass is 32.1. The number of rotatable bonds is 5. The van der Waals surface area contributed by atoms with Gasteiger partial charge in [0.15, 0.2) is 5.71 Å². The zero-order chi connectivity index (χ0) is 13.7. The van der Waals surface area contributed by atoms with Crippen LogP contribution in [0.3, 0.4) is 0 Å². The topological polar surface area (TPSA) is 89.3 Å². The fourth-order valence-corrected chi connectivity index (χ4v) is 2.05. The number of hydrogen-bond acceptors (Lipinski definition) is 7. The minimum Gasteiger partial charge on any atom is -0.462 e. The van der Waals surface area contributed by atoms with Crippen molar-refractivity contribution in [3.8, 4) is 0 Å². The first-order valence-corrected chi connectivity index (χ1v) is 6.23. The van der Waals surface area contributed by atoms with Crippen molar-refractivity contribution in [1.82, 2.24) is 4.98 Å². The first-order valence-electron chi connectivity index (χ1n) is 5.41. The number of ether oxygens (including phenoxy) is 2. The first-order chi connectivity index (χ1) is 8.51. The lowest BCUT2D eigenvalue weighted by Crippen LogP contribution is -2.20. The van der Waals surface area contributed by atoms with Crippen LogP contribution in [0.1, 0.15) is 34.2 Å². The van der Waals surface area contributed by atoms with E-state index in [-0.39, 0.29) is 23.8 Å².